The molecule has 2 aromatic rings. The third-order valence-electron chi connectivity index (χ3n) is 3.36. The maximum atomic E-state index is 8.49. The third kappa shape index (κ3) is 11.6. The van der Waals surface area contributed by atoms with Crippen molar-refractivity contribution in [2.45, 2.75) is 20.5 Å². The summed E-state index contributed by atoms with van der Waals surface area (Å²) in [6, 6.07) is 12.9. The number of anilines is 2. The van der Waals surface area contributed by atoms with Gasteiger partial charge in [-0.15, -0.1) is 0 Å². The van der Waals surface area contributed by atoms with Crippen LogP contribution >= 0.6 is 45.8 Å². The summed E-state index contributed by atoms with van der Waals surface area (Å²) < 4.78 is 0. The van der Waals surface area contributed by atoms with Gasteiger partial charge < -0.3 is 16.8 Å². The van der Waals surface area contributed by atoms with Gasteiger partial charge in [-0.1, -0.05) is 53.2 Å². The van der Waals surface area contributed by atoms with Gasteiger partial charge in [0.1, 0.15) is 0 Å². The molecule has 0 radical (unpaired) electrons. The molecule has 2 rings (SSSR count). The molecule has 5 N–H and O–H groups in total. The lowest BCUT2D eigenvalue weighted by Crippen LogP contribution is -2.18. The number of nitrogens with two attached hydrogens (primary N) is 2. The Morgan fingerprint density at radius 2 is 1.50 bits per heavy atom. The van der Waals surface area contributed by atoms with Crippen molar-refractivity contribution in [1.29, 1.82) is 5.26 Å². The van der Waals surface area contributed by atoms with E-state index < -0.39 is 0 Å². The predicted octanol–water partition coefficient (Wildman–Crippen LogP) is 5.21. The van der Waals surface area contributed by atoms with Gasteiger partial charge in [0.25, 0.3) is 0 Å². The summed E-state index contributed by atoms with van der Waals surface area (Å²) in [6.45, 7) is 1.78. The highest BCUT2D eigenvalue weighted by molar-refractivity contribution is 14.1. The summed E-state index contributed by atoms with van der Waals surface area (Å²) in [4.78, 5) is 3.85. The number of nitrogens with one attached hydrogen (secondary N) is 1. The summed E-state index contributed by atoms with van der Waals surface area (Å²) in [7, 11) is 3.74. The first-order valence-electron chi connectivity index (χ1n) is 8.03. The molecule has 8 heteroatoms. The van der Waals surface area contributed by atoms with Gasteiger partial charge >= 0.3 is 0 Å². The number of hydrogen-bond donors (Lipinski definition) is 3. The molecule has 0 aliphatic carbocycles. The average Bonchev–Trinajstić information content (AvgIpc) is 2.64. The van der Waals surface area contributed by atoms with Crippen molar-refractivity contribution in [3.63, 3.8) is 0 Å². The van der Waals surface area contributed by atoms with Crippen LogP contribution in [0.25, 0.3) is 0 Å². The second-order valence-electron chi connectivity index (χ2n) is 5.55. The van der Waals surface area contributed by atoms with E-state index >= 15 is 0 Å². The van der Waals surface area contributed by atoms with Gasteiger partial charge in [-0.25, -0.2) is 0 Å². The monoisotopic (exact) mass is 537 g/mol. The van der Waals surface area contributed by atoms with E-state index in [1.165, 1.54) is 0 Å². The number of nitriles is 1. The molecule has 28 heavy (non-hydrogen) atoms. The number of hydrogen-bond acceptors (Lipinski definition) is 5. The summed E-state index contributed by atoms with van der Waals surface area (Å²) in [5.41, 5.74) is 14.9. The maximum Gasteiger partial charge on any atom is 0.0866 e. The van der Waals surface area contributed by atoms with E-state index in [4.69, 9.17) is 39.9 Å². The van der Waals surface area contributed by atoms with E-state index in [9.17, 15) is 0 Å². The molecule has 0 amide bonds. The van der Waals surface area contributed by atoms with Crippen molar-refractivity contribution in [2.24, 2.45) is 0 Å². The lowest BCUT2D eigenvalue weighted by molar-refractivity contribution is 0.368. The summed E-state index contributed by atoms with van der Waals surface area (Å²) in [6.07, 6.45) is 0. The molecule has 0 heterocycles. The Hall–Kier alpha value is -1.24. The molecule has 0 atom stereocenters. The minimum atomic E-state index is 0. The lowest BCUT2D eigenvalue weighted by atomic mass is 10.2. The molecular weight excluding hydrogens is 508 g/mol. The standard InChI is InChI=1S/C10H12ClN3.C8H11ClN2.CH3I.CH4/c1-14(5-4-12)7-8-6-9(11)2-3-10(8)13;1-11-5-6-4-7(9)2-3-8(6)10;1-2;/h2-3,6H,5,7,13H2,1H3;2-4,11H,5,10H2,1H3;1H3;1H4. The molecule has 0 saturated heterocycles. The first kappa shape index (κ1) is 29.0. The predicted molar refractivity (Wildman–Crippen MR) is 133 cm³/mol. The van der Waals surface area contributed by atoms with Gasteiger partial charge in [0.2, 0.25) is 0 Å². The normalized spacial score (nSPS) is 9.21. The fourth-order valence-corrected chi connectivity index (χ4v) is 2.49. The Labute approximate surface area is 193 Å². The molecule has 0 saturated carbocycles. The van der Waals surface area contributed by atoms with E-state index in [-0.39, 0.29) is 7.43 Å². The number of nitrogen functional groups attached to an aromatic ring is 2. The SMILES string of the molecule is C.CI.CN(CC#N)Cc1cc(Cl)ccc1N.CNCc1cc(Cl)ccc1N. The van der Waals surface area contributed by atoms with E-state index in [1.807, 2.05) is 42.1 Å². The van der Waals surface area contributed by atoms with Crippen molar-refractivity contribution in [3.8, 4) is 6.07 Å². The van der Waals surface area contributed by atoms with Crippen LogP contribution < -0.4 is 16.8 Å². The lowest BCUT2D eigenvalue weighted by Gasteiger charge is -2.14. The molecule has 0 fully saturated rings. The smallest absolute Gasteiger partial charge is 0.0866 e. The molecule has 156 valence electrons. The Balaban J connectivity index is 0. The quantitative estimate of drug-likeness (QED) is 0.211. The van der Waals surface area contributed by atoms with Gasteiger partial charge in [-0.2, -0.15) is 5.26 Å². The van der Waals surface area contributed by atoms with E-state index in [0.29, 0.717) is 23.8 Å². The van der Waals surface area contributed by atoms with Crippen LogP contribution in [0, 0.1) is 11.3 Å². The molecular formula is C20H30Cl2IN5. The number of benzene rings is 2. The molecule has 0 aromatic heterocycles. The van der Waals surface area contributed by atoms with E-state index in [2.05, 4.69) is 34.0 Å². The molecule has 0 aliphatic rings. The minimum Gasteiger partial charge on any atom is -0.398 e. The van der Waals surface area contributed by atoms with Crippen molar-refractivity contribution < 1.29 is 0 Å². The van der Waals surface area contributed by atoms with Crippen LogP contribution in [0.2, 0.25) is 10.0 Å². The van der Waals surface area contributed by atoms with Crippen molar-refractivity contribution in [1.82, 2.24) is 10.2 Å². The molecule has 0 aliphatic heterocycles. The van der Waals surface area contributed by atoms with Crippen LogP contribution in [-0.4, -0.2) is 30.5 Å². The van der Waals surface area contributed by atoms with Gasteiger partial charge in [0.15, 0.2) is 0 Å². The van der Waals surface area contributed by atoms with Crippen LogP contribution in [-0.2, 0) is 13.1 Å². The largest absolute Gasteiger partial charge is 0.398 e. The zero-order valence-corrected chi connectivity index (χ0v) is 19.4. The molecule has 5 nitrogen and oxygen atoms in total. The van der Waals surface area contributed by atoms with Gasteiger partial charge in [0.05, 0.1) is 12.6 Å². The highest BCUT2D eigenvalue weighted by Gasteiger charge is 2.03. The molecule has 0 unspecified atom stereocenters. The number of rotatable bonds is 5. The van der Waals surface area contributed by atoms with Crippen molar-refractivity contribution >= 4 is 57.2 Å². The fraction of sp³-hybridized carbons (Fsp3) is 0.350. The highest BCUT2D eigenvalue weighted by Crippen LogP contribution is 2.19. The first-order chi connectivity index (χ1) is 12.9. The molecule has 0 spiro atoms. The molecule has 0 bridgehead atoms. The number of alkyl halides is 1. The summed E-state index contributed by atoms with van der Waals surface area (Å²) >= 11 is 13.8. The van der Waals surface area contributed by atoms with Gasteiger partial charge in [0, 0.05) is 34.5 Å². The highest BCUT2D eigenvalue weighted by atomic mass is 127. The van der Waals surface area contributed by atoms with Crippen LogP contribution in [0.15, 0.2) is 36.4 Å². The van der Waals surface area contributed by atoms with Crippen molar-refractivity contribution in [2.75, 3.05) is 37.0 Å². The second kappa shape index (κ2) is 16.7. The average molecular weight is 538 g/mol. The number of nitrogens with zero attached hydrogens (tertiary/aromatic N) is 2. The first-order valence-corrected chi connectivity index (χ1v) is 10.9. The zero-order valence-electron chi connectivity index (χ0n) is 15.8. The zero-order chi connectivity index (χ0) is 20.8. The Kier molecular flexibility index (Phi) is 17.3. The van der Waals surface area contributed by atoms with Crippen LogP contribution in [0.5, 0.6) is 0 Å². The molecule has 2 aromatic carbocycles. The van der Waals surface area contributed by atoms with E-state index in [1.54, 1.807) is 18.2 Å². The van der Waals surface area contributed by atoms with Crippen LogP contribution in [0.1, 0.15) is 18.6 Å². The Morgan fingerprint density at radius 3 is 1.96 bits per heavy atom. The fourth-order valence-electron chi connectivity index (χ4n) is 2.10. The Morgan fingerprint density at radius 1 is 1.04 bits per heavy atom. The van der Waals surface area contributed by atoms with E-state index in [0.717, 1.165) is 28.4 Å². The maximum absolute atomic E-state index is 8.49. The van der Waals surface area contributed by atoms with Gasteiger partial charge in [-0.3, -0.25) is 4.90 Å². The number of halogens is 3. The minimum absolute atomic E-state index is 0. The summed E-state index contributed by atoms with van der Waals surface area (Å²) in [5, 5.41) is 12.9. The third-order valence-corrected chi connectivity index (χ3v) is 3.83. The van der Waals surface area contributed by atoms with Crippen LogP contribution in [0.3, 0.4) is 0 Å². The Bertz CT molecular complexity index is 735. The topological polar surface area (TPSA) is 91.1 Å². The van der Waals surface area contributed by atoms with Crippen molar-refractivity contribution in [3.05, 3.63) is 57.6 Å². The van der Waals surface area contributed by atoms with Gasteiger partial charge in [-0.05, 0) is 66.6 Å². The second-order valence-corrected chi connectivity index (χ2v) is 6.42. The summed E-state index contributed by atoms with van der Waals surface area (Å²) in [5.74, 6) is 0. The van der Waals surface area contributed by atoms with Crippen LogP contribution in [0.4, 0.5) is 11.4 Å².